The molecule has 19 heavy (non-hydrogen) atoms. The minimum atomic E-state index is 0.880. The van der Waals surface area contributed by atoms with Crippen molar-refractivity contribution < 1.29 is 4.74 Å². The van der Waals surface area contributed by atoms with Gasteiger partial charge in [-0.25, -0.2) is 0 Å². The first-order valence-corrected chi connectivity index (χ1v) is 7.20. The minimum Gasteiger partial charge on any atom is -0.378 e. The van der Waals surface area contributed by atoms with Crippen molar-refractivity contribution in [3.63, 3.8) is 0 Å². The van der Waals surface area contributed by atoms with E-state index >= 15 is 0 Å². The molecule has 0 N–H and O–H groups in total. The third kappa shape index (κ3) is 3.37. The van der Waals surface area contributed by atoms with Crippen LogP contribution in [0, 0.1) is 0 Å². The molecule has 0 unspecified atom stereocenters. The standard InChI is InChI=1S/C16H22N2O/c1-2-4-15(5-3-1)14-17-8-6-16(7-9-17)18-10-12-19-13-11-18/h1-6H,7-14H2. The van der Waals surface area contributed by atoms with Gasteiger partial charge in [-0.15, -0.1) is 0 Å². The Hall–Kier alpha value is -1.32. The Morgan fingerprint density at radius 3 is 2.47 bits per heavy atom. The second-order valence-corrected chi connectivity index (χ2v) is 5.27. The van der Waals surface area contributed by atoms with Crippen molar-refractivity contribution >= 4 is 0 Å². The first kappa shape index (κ1) is 12.7. The van der Waals surface area contributed by atoms with Crippen LogP contribution in [0.1, 0.15) is 12.0 Å². The molecule has 1 saturated heterocycles. The predicted octanol–water partition coefficient (Wildman–Crippen LogP) is 2.11. The number of benzene rings is 1. The van der Waals surface area contributed by atoms with Crippen molar-refractivity contribution in [2.45, 2.75) is 13.0 Å². The second kappa shape index (κ2) is 6.22. The zero-order valence-electron chi connectivity index (χ0n) is 11.4. The maximum atomic E-state index is 5.41. The van der Waals surface area contributed by atoms with E-state index in [9.17, 15) is 0 Å². The van der Waals surface area contributed by atoms with Crippen LogP contribution in [0.5, 0.6) is 0 Å². The molecular formula is C16H22N2O. The van der Waals surface area contributed by atoms with Gasteiger partial charge in [0.05, 0.1) is 13.2 Å². The average molecular weight is 258 g/mol. The van der Waals surface area contributed by atoms with Crippen molar-refractivity contribution in [3.05, 3.63) is 47.7 Å². The molecule has 1 aromatic carbocycles. The Morgan fingerprint density at radius 1 is 1.00 bits per heavy atom. The summed E-state index contributed by atoms with van der Waals surface area (Å²) in [6.07, 6.45) is 3.57. The van der Waals surface area contributed by atoms with E-state index in [2.05, 4.69) is 46.2 Å². The van der Waals surface area contributed by atoms with E-state index < -0.39 is 0 Å². The largest absolute Gasteiger partial charge is 0.378 e. The van der Waals surface area contributed by atoms with Crippen LogP contribution in [-0.2, 0) is 11.3 Å². The molecule has 0 atom stereocenters. The third-order valence-corrected chi connectivity index (χ3v) is 3.94. The summed E-state index contributed by atoms with van der Waals surface area (Å²) in [5, 5.41) is 0. The molecule has 0 amide bonds. The van der Waals surface area contributed by atoms with Crippen molar-refractivity contribution in [3.8, 4) is 0 Å². The summed E-state index contributed by atoms with van der Waals surface area (Å²) in [7, 11) is 0. The lowest BCUT2D eigenvalue weighted by Gasteiger charge is -2.35. The van der Waals surface area contributed by atoms with Crippen molar-refractivity contribution in [2.24, 2.45) is 0 Å². The van der Waals surface area contributed by atoms with Crippen LogP contribution in [0.3, 0.4) is 0 Å². The van der Waals surface area contributed by atoms with Crippen molar-refractivity contribution in [1.82, 2.24) is 9.80 Å². The molecule has 0 saturated carbocycles. The lowest BCUT2D eigenvalue weighted by molar-refractivity contribution is 0.0497. The maximum absolute atomic E-state index is 5.41. The van der Waals surface area contributed by atoms with Gasteiger partial charge < -0.3 is 9.64 Å². The van der Waals surface area contributed by atoms with Gasteiger partial charge in [-0.05, 0) is 12.0 Å². The minimum absolute atomic E-state index is 0.880. The van der Waals surface area contributed by atoms with E-state index in [0.29, 0.717) is 0 Å². The molecule has 102 valence electrons. The molecule has 3 rings (SSSR count). The first-order chi connectivity index (χ1) is 9.42. The Bertz CT molecular complexity index is 424. The summed E-state index contributed by atoms with van der Waals surface area (Å²) in [5.74, 6) is 0. The van der Waals surface area contributed by atoms with E-state index in [1.165, 1.54) is 17.7 Å². The molecule has 0 spiro atoms. The molecule has 1 aromatic rings. The highest BCUT2D eigenvalue weighted by Gasteiger charge is 2.18. The third-order valence-electron chi connectivity index (χ3n) is 3.94. The Kier molecular flexibility index (Phi) is 4.16. The monoisotopic (exact) mass is 258 g/mol. The van der Waals surface area contributed by atoms with Gasteiger partial charge in [0.15, 0.2) is 0 Å². The molecule has 3 heteroatoms. The molecule has 2 aliphatic rings. The average Bonchev–Trinajstić information content (AvgIpc) is 2.50. The fraction of sp³-hybridized carbons (Fsp3) is 0.500. The molecule has 2 aliphatic heterocycles. The quantitative estimate of drug-likeness (QED) is 0.826. The van der Waals surface area contributed by atoms with Crippen LogP contribution in [-0.4, -0.2) is 49.2 Å². The molecule has 2 heterocycles. The number of ether oxygens (including phenoxy) is 1. The molecule has 0 bridgehead atoms. The summed E-state index contributed by atoms with van der Waals surface area (Å²) < 4.78 is 5.41. The Balaban J connectivity index is 1.54. The lowest BCUT2D eigenvalue weighted by Crippen LogP contribution is -2.39. The molecule has 0 aliphatic carbocycles. The predicted molar refractivity (Wildman–Crippen MR) is 76.8 cm³/mol. The topological polar surface area (TPSA) is 15.7 Å². The maximum Gasteiger partial charge on any atom is 0.0642 e. The number of hydrogen-bond acceptors (Lipinski definition) is 3. The van der Waals surface area contributed by atoms with Gasteiger partial charge >= 0.3 is 0 Å². The van der Waals surface area contributed by atoms with Crippen LogP contribution in [0.2, 0.25) is 0 Å². The molecule has 1 fully saturated rings. The van der Waals surface area contributed by atoms with Crippen LogP contribution in [0.25, 0.3) is 0 Å². The van der Waals surface area contributed by atoms with Gasteiger partial charge in [0.1, 0.15) is 0 Å². The zero-order valence-corrected chi connectivity index (χ0v) is 11.4. The number of nitrogens with zero attached hydrogens (tertiary/aromatic N) is 2. The SMILES string of the molecule is C1=C(N2CCOCC2)CCN(Cc2ccccc2)C1. The number of rotatable bonds is 3. The van der Waals surface area contributed by atoms with E-state index in [4.69, 9.17) is 4.74 Å². The number of morpholine rings is 1. The van der Waals surface area contributed by atoms with Gasteiger partial charge in [-0.1, -0.05) is 36.4 Å². The highest BCUT2D eigenvalue weighted by molar-refractivity contribution is 5.15. The Morgan fingerprint density at radius 2 is 1.79 bits per heavy atom. The smallest absolute Gasteiger partial charge is 0.0642 e. The molecule has 3 nitrogen and oxygen atoms in total. The highest BCUT2D eigenvalue weighted by Crippen LogP contribution is 2.18. The summed E-state index contributed by atoms with van der Waals surface area (Å²) in [5.41, 5.74) is 2.93. The van der Waals surface area contributed by atoms with Gasteiger partial charge in [0, 0.05) is 38.4 Å². The van der Waals surface area contributed by atoms with Gasteiger partial charge in [-0.3, -0.25) is 4.90 Å². The summed E-state index contributed by atoms with van der Waals surface area (Å²) in [6.45, 7) is 7.18. The first-order valence-electron chi connectivity index (χ1n) is 7.20. The summed E-state index contributed by atoms with van der Waals surface area (Å²) in [6, 6.07) is 10.7. The van der Waals surface area contributed by atoms with Crippen LogP contribution in [0.4, 0.5) is 0 Å². The lowest BCUT2D eigenvalue weighted by atomic mass is 10.1. The second-order valence-electron chi connectivity index (χ2n) is 5.27. The van der Waals surface area contributed by atoms with Gasteiger partial charge in [0.25, 0.3) is 0 Å². The summed E-state index contributed by atoms with van der Waals surface area (Å²) >= 11 is 0. The van der Waals surface area contributed by atoms with Crippen LogP contribution in [0.15, 0.2) is 42.1 Å². The van der Waals surface area contributed by atoms with E-state index in [0.717, 1.165) is 45.9 Å². The Labute approximate surface area is 115 Å². The zero-order chi connectivity index (χ0) is 12.9. The van der Waals surface area contributed by atoms with Gasteiger partial charge in [0.2, 0.25) is 0 Å². The number of hydrogen-bond donors (Lipinski definition) is 0. The van der Waals surface area contributed by atoms with Crippen molar-refractivity contribution in [2.75, 3.05) is 39.4 Å². The van der Waals surface area contributed by atoms with Crippen LogP contribution >= 0.6 is 0 Å². The van der Waals surface area contributed by atoms with E-state index in [1.807, 2.05) is 0 Å². The fourth-order valence-electron chi connectivity index (χ4n) is 2.82. The molecule has 0 aromatic heterocycles. The normalized spacial score (nSPS) is 21.3. The van der Waals surface area contributed by atoms with Crippen molar-refractivity contribution in [1.29, 1.82) is 0 Å². The summed E-state index contributed by atoms with van der Waals surface area (Å²) in [4.78, 5) is 5.00. The van der Waals surface area contributed by atoms with Crippen LogP contribution < -0.4 is 0 Å². The van der Waals surface area contributed by atoms with E-state index in [-0.39, 0.29) is 0 Å². The van der Waals surface area contributed by atoms with E-state index in [1.54, 1.807) is 0 Å². The molecule has 0 radical (unpaired) electrons. The highest BCUT2D eigenvalue weighted by atomic mass is 16.5. The van der Waals surface area contributed by atoms with Gasteiger partial charge in [-0.2, -0.15) is 0 Å². The fourth-order valence-corrected chi connectivity index (χ4v) is 2.82. The molecular weight excluding hydrogens is 236 g/mol.